The molecule has 4 unspecified atom stereocenters. The molecule has 3 aliphatic carbocycles. The lowest BCUT2D eigenvalue weighted by Crippen LogP contribution is -2.25. The Hall–Kier alpha value is -1.24. The van der Waals surface area contributed by atoms with Crippen LogP contribution in [-0.2, 0) is 0 Å². The molecule has 1 nitrogen and oxygen atoms in total. The van der Waals surface area contributed by atoms with Crippen LogP contribution in [0, 0.1) is 17.3 Å². The number of allylic oxidation sites excluding steroid dienone is 6. The van der Waals surface area contributed by atoms with Crippen molar-refractivity contribution in [2.45, 2.75) is 12.5 Å². The van der Waals surface area contributed by atoms with Crippen LogP contribution in [-0.4, -0.2) is 6.04 Å². The van der Waals surface area contributed by atoms with E-state index in [2.05, 4.69) is 47.8 Å². The van der Waals surface area contributed by atoms with Crippen LogP contribution in [0.1, 0.15) is 6.42 Å². The van der Waals surface area contributed by atoms with Crippen LogP contribution in [0.25, 0.3) is 0 Å². The van der Waals surface area contributed by atoms with E-state index < -0.39 is 0 Å². The average Bonchev–Trinajstić information content (AvgIpc) is 2.87. The molecule has 1 aliphatic heterocycles. The van der Waals surface area contributed by atoms with Crippen molar-refractivity contribution >= 4 is 0 Å². The molecule has 0 aromatic heterocycles. The standard InChI is InChI=1S/C13H13N/c1-2-6-11-10(5-1)13-8-9(13)4-3-7-12(13)14-11/h1-7,9-11,14H,8H2. The second-order valence-corrected chi connectivity index (χ2v) is 4.78. The molecule has 0 bridgehead atoms. The molecule has 70 valence electrons. The highest BCUT2D eigenvalue weighted by Gasteiger charge is 2.65. The molecule has 1 heterocycles. The van der Waals surface area contributed by atoms with E-state index >= 15 is 0 Å². The van der Waals surface area contributed by atoms with Crippen LogP contribution in [0.2, 0.25) is 0 Å². The monoisotopic (exact) mass is 183 g/mol. The van der Waals surface area contributed by atoms with Crippen molar-refractivity contribution in [3.8, 4) is 0 Å². The predicted octanol–water partition coefficient (Wildman–Crippen LogP) is 2.16. The van der Waals surface area contributed by atoms with Gasteiger partial charge in [-0.25, -0.2) is 0 Å². The molecule has 14 heavy (non-hydrogen) atoms. The first-order valence-electron chi connectivity index (χ1n) is 5.42. The number of fused-ring (bicyclic) bond motifs is 1. The number of nitrogens with one attached hydrogen (secondary N) is 1. The van der Waals surface area contributed by atoms with Crippen molar-refractivity contribution in [1.82, 2.24) is 5.32 Å². The van der Waals surface area contributed by atoms with Gasteiger partial charge in [0.25, 0.3) is 0 Å². The summed E-state index contributed by atoms with van der Waals surface area (Å²) < 4.78 is 0. The first-order chi connectivity index (χ1) is 6.91. The van der Waals surface area contributed by atoms with Gasteiger partial charge in [0.05, 0.1) is 6.04 Å². The van der Waals surface area contributed by atoms with E-state index in [0.29, 0.717) is 17.4 Å². The molecule has 0 amide bonds. The summed E-state index contributed by atoms with van der Waals surface area (Å²) in [6.07, 6.45) is 17.3. The molecule has 2 fully saturated rings. The van der Waals surface area contributed by atoms with Crippen molar-refractivity contribution < 1.29 is 0 Å². The fourth-order valence-electron chi connectivity index (χ4n) is 3.46. The van der Waals surface area contributed by atoms with Crippen molar-refractivity contribution in [3.63, 3.8) is 0 Å². The minimum atomic E-state index is 0.473. The van der Waals surface area contributed by atoms with E-state index in [1.807, 2.05) is 0 Å². The van der Waals surface area contributed by atoms with Gasteiger partial charge >= 0.3 is 0 Å². The average molecular weight is 183 g/mol. The van der Waals surface area contributed by atoms with Gasteiger partial charge in [0.1, 0.15) is 0 Å². The molecule has 1 N–H and O–H groups in total. The molecule has 4 aliphatic rings. The summed E-state index contributed by atoms with van der Waals surface area (Å²) in [5.41, 5.74) is 1.96. The maximum atomic E-state index is 3.65. The summed E-state index contributed by atoms with van der Waals surface area (Å²) in [5, 5.41) is 3.65. The van der Waals surface area contributed by atoms with Gasteiger partial charge in [0.15, 0.2) is 0 Å². The van der Waals surface area contributed by atoms with E-state index in [-0.39, 0.29) is 0 Å². The zero-order valence-electron chi connectivity index (χ0n) is 7.98. The lowest BCUT2D eigenvalue weighted by Gasteiger charge is -2.21. The van der Waals surface area contributed by atoms with Crippen LogP contribution in [0.4, 0.5) is 0 Å². The van der Waals surface area contributed by atoms with Gasteiger partial charge in [-0.15, -0.1) is 0 Å². The number of hydrogen-bond donors (Lipinski definition) is 1. The highest BCUT2D eigenvalue weighted by molar-refractivity contribution is 5.45. The Morgan fingerprint density at radius 2 is 2.07 bits per heavy atom. The van der Waals surface area contributed by atoms with E-state index in [0.717, 1.165) is 5.92 Å². The van der Waals surface area contributed by atoms with E-state index in [9.17, 15) is 0 Å². The largest absolute Gasteiger partial charge is 0.381 e. The molecular weight excluding hydrogens is 170 g/mol. The quantitative estimate of drug-likeness (QED) is 0.607. The van der Waals surface area contributed by atoms with Crippen molar-refractivity contribution in [3.05, 3.63) is 48.2 Å². The molecule has 0 aromatic carbocycles. The molecule has 1 heteroatoms. The maximum Gasteiger partial charge on any atom is 0.0516 e. The van der Waals surface area contributed by atoms with Gasteiger partial charge in [-0.05, 0) is 18.4 Å². The second kappa shape index (κ2) is 2.05. The lowest BCUT2D eigenvalue weighted by molar-refractivity contribution is 0.448. The van der Waals surface area contributed by atoms with Gasteiger partial charge in [-0.1, -0.05) is 36.5 Å². The lowest BCUT2D eigenvalue weighted by atomic mass is 9.81. The molecular formula is C13H13N. The number of rotatable bonds is 0. The number of hydrogen-bond acceptors (Lipinski definition) is 1. The first-order valence-corrected chi connectivity index (χ1v) is 5.42. The molecule has 1 saturated heterocycles. The van der Waals surface area contributed by atoms with Crippen molar-refractivity contribution in [2.24, 2.45) is 17.3 Å². The Kier molecular flexibility index (Phi) is 1.04. The highest BCUT2D eigenvalue weighted by atomic mass is 15.0. The topological polar surface area (TPSA) is 12.0 Å². The predicted molar refractivity (Wildman–Crippen MR) is 56.5 cm³/mol. The fraction of sp³-hybridized carbons (Fsp3) is 0.385. The van der Waals surface area contributed by atoms with Crippen molar-refractivity contribution in [1.29, 1.82) is 0 Å². The Balaban J connectivity index is 1.86. The molecule has 1 spiro atoms. The minimum Gasteiger partial charge on any atom is -0.381 e. The molecule has 1 saturated carbocycles. The summed E-state index contributed by atoms with van der Waals surface area (Å²) in [6, 6.07) is 0.552. The Bertz CT molecular complexity index is 413. The van der Waals surface area contributed by atoms with Gasteiger partial charge in [0, 0.05) is 17.0 Å². The van der Waals surface area contributed by atoms with Gasteiger partial charge in [-0.3, -0.25) is 0 Å². The maximum absolute atomic E-state index is 3.65. The fourth-order valence-corrected chi connectivity index (χ4v) is 3.46. The van der Waals surface area contributed by atoms with Crippen LogP contribution < -0.4 is 5.32 Å². The Labute approximate surface area is 83.9 Å². The first kappa shape index (κ1) is 7.10. The Morgan fingerprint density at radius 3 is 3.07 bits per heavy atom. The third-order valence-corrected chi connectivity index (χ3v) is 4.22. The van der Waals surface area contributed by atoms with Gasteiger partial charge in [-0.2, -0.15) is 0 Å². The zero-order valence-corrected chi connectivity index (χ0v) is 7.98. The van der Waals surface area contributed by atoms with Crippen LogP contribution in [0.3, 0.4) is 0 Å². The summed E-state index contributed by atoms with van der Waals surface area (Å²) in [5.74, 6) is 1.51. The molecule has 0 aromatic rings. The summed E-state index contributed by atoms with van der Waals surface area (Å²) in [6.45, 7) is 0. The SMILES string of the molecule is C1=CC2NC3=CC=CC4CC34C2C=C1. The van der Waals surface area contributed by atoms with Crippen LogP contribution >= 0.6 is 0 Å². The molecule has 4 rings (SSSR count). The zero-order chi connectivity index (χ0) is 9.17. The minimum absolute atomic E-state index is 0.473. The van der Waals surface area contributed by atoms with Crippen LogP contribution in [0.5, 0.6) is 0 Å². The van der Waals surface area contributed by atoms with Crippen molar-refractivity contribution in [2.75, 3.05) is 0 Å². The second-order valence-electron chi connectivity index (χ2n) is 4.78. The van der Waals surface area contributed by atoms with E-state index in [1.54, 1.807) is 0 Å². The van der Waals surface area contributed by atoms with Gasteiger partial charge in [0.2, 0.25) is 0 Å². The third-order valence-electron chi connectivity index (χ3n) is 4.22. The van der Waals surface area contributed by atoms with Crippen LogP contribution in [0.15, 0.2) is 48.2 Å². The summed E-state index contributed by atoms with van der Waals surface area (Å²) in [7, 11) is 0. The van der Waals surface area contributed by atoms with E-state index in [1.165, 1.54) is 12.1 Å². The van der Waals surface area contributed by atoms with E-state index in [4.69, 9.17) is 0 Å². The highest BCUT2D eigenvalue weighted by Crippen LogP contribution is 2.68. The summed E-state index contributed by atoms with van der Waals surface area (Å²) >= 11 is 0. The summed E-state index contributed by atoms with van der Waals surface area (Å²) in [4.78, 5) is 0. The molecule has 4 atom stereocenters. The normalized spacial score (nSPS) is 50.3. The molecule has 0 radical (unpaired) electrons. The van der Waals surface area contributed by atoms with Gasteiger partial charge < -0.3 is 5.32 Å². The Morgan fingerprint density at radius 1 is 1.14 bits per heavy atom. The smallest absolute Gasteiger partial charge is 0.0516 e. The third kappa shape index (κ3) is 0.617.